The second-order valence-electron chi connectivity index (χ2n) is 6.87. The van der Waals surface area contributed by atoms with E-state index in [9.17, 15) is 0 Å². The van der Waals surface area contributed by atoms with Gasteiger partial charge >= 0.3 is 0 Å². The molecule has 1 heterocycles. The highest BCUT2D eigenvalue weighted by Crippen LogP contribution is 2.38. The molecule has 25 heavy (non-hydrogen) atoms. The second-order valence-corrected chi connectivity index (χ2v) is 6.87. The van der Waals surface area contributed by atoms with Crippen LogP contribution in [0.1, 0.15) is 48.8 Å². The largest absolute Gasteiger partial charge is 0.493 e. The highest BCUT2D eigenvalue weighted by atomic mass is 16.7. The summed E-state index contributed by atoms with van der Waals surface area (Å²) in [6, 6.07) is 14.1. The summed E-state index contributed by atoms with van der Waals surface area (Å²) >= 11 is 0. The molecule has 0 unspecified atom stereocenters. The molecule has 1 aliphatic heterocycles. The van der Waals surface area contributed by atoms with E-state index in [2.05, 4.69) is 31.8 Å². The molecule has 130 valence electrons. The van der Waals surface area contributed by atoms with Gasteiger partial charge in [0.25, 0.3) is 0 Å². The zero-order valence-electron chi connectivity index (χ0n) is 15.3. The smallest absolute Gasteiger partial charge is 0.183 e. The zero-order valence-corrected chi connectivity index (χ0v) is 15.3. The maximum absolute atomic E-state index is 5.76. The first kappa shape index (κ1) is 17.5. The number of ether oxygens (including phenoxy) is 3. The molecule has 2 aromatic rings. The number of fused-ring (bicyclic) bond motifs is 1. The summed E-state index contributed by atoms with van der Waals surface area (Å²) in [4.78, 5) is 0. The van der Waals surface area contributed by atoms with Gasteiger partial charge in [-0.3, -0.25) is 0 Å². The van der Waals surface area contributed by atoms with Crippen molar-refractivity contribution in [2.24, 2.45) is 0 Å². The summed E-state index contributed by atoms with van der Waals surface area (Å²) < 4.78 is 16.3. The van der Waals surface area contributed by atoms with Crippen molar-refractivity contribution in [3.05, 3.63) is 64.7 Å². The van der Waals surface area contributed by atoms with E-state index in [0.717, 1.165) is 35.5 Å². The second kappa shape index (κ2) is 7.31. The molecule has 0 saturated carbocycles. The van der Waals surface area contributed by atoms with E-state index in [1.165, 1.54) is 5.56 Å². The molecule has 1 aliphatic rings. The molecule has 0 N–H and O–H groups in total. The summed E-state index contributed by atoms with van der Waals surface area (Å²) in [6.45, 7) is 5.29. The number of hydrogen-bond donors (Lipinski definition) is 0. The topological polar surface area (TPSA) is 27.7 Å². The molecule has 0 amide bonds. The lowest BCUT2D eigenvalue weighted by molar-refractivity contribution is -0.106. The van der Waals surface area contributed by atoms with Crippen molar-refractivity contribution in [1.29, 1.82) is 0 Å². The molecule has 3 heteroatoms. The van der Waals surface area contributed by atoms with Gasteiger partial charge in [-0.2, -0.15) is 0 Å². The van der Waals surface area contributed by atoms with Gasteiger partial charge in [0.15, 0.2) is 6.29 Å². The van der Waals surface area contributed by atoms with Crippen molar-refractivity contribution in [2.75, 3.05) is 20.8 Å². The average molecular weight is 336 g/mol. The summed E-state index contributed by atoms with van der Waals surface area (Å²) in [5.74, 6) is 7.46. The first-order valence-corrected chi connectivity index (χ1v) is 8.48. The van der Waals surface area contributed by atoms with Gasteiger partial charge < -0.3 is 14.2 Å². The van der Waals surface area contributed by atoms with Crippen LogP contribution in [-0.4, -0.2) is 20.8 Å². The van der Waals surface area contributed by atoms with Crippen LogP contribution >= 0.6 is 0 Å². The van der Waals surface area contributed by atoms with Gasteiger partial charge in [0.05, 0.1) is 6.61 Å². The van der Waals surface area contributed by atoms with Crippen molar-refractivity contribution >= 4 is 0 Å². The summed E-state index contributed by atoms with van der Waals surface area (Å²) in [5.41, 5.74) is 4.31. The SMILES string of the molecule is COC(OC)c1ccc(C#Cc2ccc3c(c2)C(C)(C)CCO3)cc1. The van der Waals surface area contributed by atoms with E-state index in [1.54, 1.807) is 14.2 Å². The molecule has 0 bridgehead atoms. The molecule has 2 aromatic carbocycles. The Kier molecular flexibility index (Phi) is 5.13. The van der Waals surface area contributed by atoms with E-state index in [1.807, 2.05) is 36.4 Å². The van der Waals surface area contributed by atoms with Gasteiger partial charge in [-0.1, -0.05) is 37.8 Å². The maximum Gasteiger partial charge on any atom is 0.183 e. The van der Waals surface area contributed by atoms with Gasteiger partial charge in [0.2, 0.25) is 0 Å². The predicted molar refractivity (Wildman–Crippen MR) is 98.8 cm³/mol. The minimum atomic E-state index is -0.343. The minimum absolute atomic E-state index is 0.127. The first-order chi connectivity index (χ1) is 12.0. The molecule has 3 nitrogen and oxygen atoms in total. The average Bonchev–Trinajstić information content (AvgIpc) is 2.62. The lowest BCUT2D eigenvalue weighted by Crippen LogP contribution is -2.26. The lowest BCUT2D eigenvalue weighted by atomic mass is 9.79. The molecule has 0 spiro atoms. The summed E-state index contributed by atoms with van der Waals surface area (Å²) in [5, 5.41) is 0. The van der Waals surface area contributed by atoms with Crippen LogP contribution < -0.4 is 4.74 Å². The van der Waals surface area contributed by atoms with Gasteiger partial charge in [-0.15, -0.1) is 0 Å². The van der Waals surface area contributed by atoms with E-state index >= 15 is 0 Å². The fraction of sp³-hybridized carbons (Fsp3) is 0.364. The van der Waals surface area contributed by atoms with Crippen molar-refractivity contribution in [3.8, 4) is 17.6 Å². The van der Waals surface area contributed by atoms with Gasteiger partial charge in [0.1, 0.15) is 5.75 Å². The van der Waals surface area contributed by atoms with Crippen molar-refractivity contribution in [2.45, 2.75) is 32.0 Å². The maximum atomic E-state index is 5.76. The van der Waals surface area contributed by atoms with Crippen LogP contribution in [0.5, 0.6) is 5.75 Å². The van der Waals surface area contributed by atoms with Crippen LogP contribution in [0.25, 0.3) is 0 Å². The van der Waals surface area contributed by atoms with Gasteiger partial charge in [-0.05, 0) is 42.2 Å². The molecule has 0 fully saturated rings. The van der Waals surface area contributed by atoms with E-state index in [4.69, 9.17) is 14.2 Å². The van der Waals surface area contributed by atoms with E-state index in [0.29, 0.717) is 0 Å². The van der Waals surface area contributed by atoms with Crippen LogP contribution in [0.4, 0.5) is 0 Å². The number of benzene rings is 2. The fourth-order valence-electron chi connectivity index (χ4n) is 3.05. The Morgan fingerprint density at radius 2 is 1.60 bits per heavy atom. The quantitative estimate of drug-likeness (QED) is 0.613. The van der Waals surface area contributed by atoms with Crippen LogP contribution in [0.15, 0.2) is 42.5 Å². The Morgan fingerprint density at radius 3 is 2.28 bits per heavy atom. The van der Waals surface area contributed by atoms with Crippen molar-refractivity contribution < 1.29 is 14.2 Å². The summed E-state index contributed by atoms with van der Waals surface area (Å²) in [6.07, 6.45) is 0.684. The zero-order chi connectivity index (χ0) is 17.9. The molecular formula is C22H24O3. The Bertz CT molecular complexity index is 790. The predicted octanol–water partition coefficient (Wildman–Crippen LogP) is 4.44. The highest BCUT2D eigenvalue weighted by Gasteiger charge is 2.28. The van der Waals surface area contributed by atoms with Crippen LogP contribution in [0, 0.1) is 11.8 Å². The lowest BCUT2D eigenvalue weighted by Gasteiger charge is -2.32. The molecule has 3 rings (SSSR count). The first-order valence-electron chi connectivity index (χ1n) is 8.48. The number of rotatable bonds is 3. The Labute approximate surface area is 149 Å². The molecule has 0 radical (unpaired) electrons. The fourth-order valence-corrected chi connectivity index (χ4v) is 3.05. The van der Waals surface area contributed by atoms with E-state index in [-0.39, 0.29) is 11.7 Å². The van der Waals surface area contributed by atoms with Crippen LogP contribution in [0.3, 0.4) is 0 Å². The Morgan fingerprint density at radius 1 is 0.960 bits per heavy atom. The standard InChI is InChI=1S/C22H24O3/c1-22(2)13-14-25-20-12-9-17(15-19(20)22)6-5-16-7-10-18(11-8-16)21(23-3)24-4/h7-12,15,21H,13-14H2,1-4H3. The third kappa shape index (κ3) is 3.87. The van der Waals surface area contributed by atoms with Crippen LogP contribution in [0.2, 0.25) is 0 Å². The minimum Gasteiger partial charge on any atom is -0.493 e. The summed E-state index contributed by atoms with van der Waals surface area (Å²) in [7, 11) is 3.26. The van der Waals surface area contributed by atoms with E-state index < -0.39 is 0 Å². The molecule has 0 aliphatic carbocycles. The molecule has 0 atom stereocenters. The van der Waals surface area contributed by atoms with Crippen molar-refractivity contribution in [3.63, 3.8) is 0 Å². The third-order valence-corrected chi connectivity index (χ3v) is 4.66. The molecule has 0 aromatic heterocycles. The molecular weight excluding hydrogens is 312 g/mol. The third-order valence-electron chi connectivity index (χ3n) is 4.66. The Balaban J connectivity index is 1.82. The monoisotopic (exact) mass is 336 g/mol. The highest BCUT2D eigenvalue weighted by molar-refractivity contribution is 5.50. The van der Waals surface area contributed by atoms with Crippen molar-refractivity contribution in [1.82, 2.24) is 0 Å². The number of methoxy groups -OCH3 is 2. The van der Waals surface area contributed by atoms with Gasteiger partial charge in [0, 0.05) is 36.5 Å². The van der Waals surface area contributed by atoms with Gasteiger partial charge in [-0.25, -0.2) is 0 Å². The Hall–Kier alpha value is -2.28. The normalized spacial score (nSPS) is 15.1. The number of hydrogen-bond acceptors (Lipinski definition) is 3. The molecule has 0 saturated heterocycles. The van der Waals surface area contributed by atoms with Crippen LogP contribution in [-0.2, 0) is 14.9 Å².